The molecule has 2 atom stereocenters. The highest BCUT2D eigenvalue weighted by Gasteiger charge is 3.06. The highest BCUT2D eigenvalue weighted by atomic mass is 31.2. The Hall–Kier alpha value is -4.72. The van der Waals surface area contributed by atoms with Crippen LogP contribution in [0.4, 0.5) is 303 Å². The number of phosphoric acid groups is 1. The molecular weight excluding hydrogens is 1860 g/mol. The SMILES string of the molecule is O=P(O)(OCCC(F)C(F)(F)C(F)(F)C(F)(F)C(F)(F)C(F)(F)C(F)(F)C(F)(F)C(F)(F)C(F)(F)C(F)(F)C(F)(F)C(F)(F)C(F)(F)C(F)(C(F)(F)F)C(F)(F)F)OCCC(F)(F)C(F)(F)C(F)(F)C(F)(F)C(F)(F)C(F)(F)C(F)(F)C(F)(F)C(F)(F)C(F)(F)C(F)(F)C(F)(F)C(F)(F)C(F)(F)C(F)(C(F)(F)F)C(F)(F)F. The van der Waals surface area contributed by atoms with E-state index < -0.39 is 236 Å². The molecule has 2 unspecified atom stereocenters. The summed E-state index contributed by atoms with van der Waals surface area (Å²) >= 11 is 0. The second kappa shape index (κ2) is 27.2. The Labute approximate surface area is 558 Å². The monoisotopic (exact) mass is 1870 g/mol. The highest BCUT2D eigenvalue weighted by molar-refractivity contribution is 7.47. The fourth-order valence-electron chi connectivity index (χ4n) is 7.18. The number of rotatable bonds is 36. The number of alkyl halides is 69. The van der Waals surface area contributed by atoms with Crippen molar-refractivity contribution < 1.29 is 321 Å². The van der Waals surface area contributed by atoms with E-state index in [4.69, 9.17) is 4.89 Å². The van der Waals surface area contributed by atoms with E-state index >= 15 is 0 Å². The topological polar surface area (TPSA) is 55.8 Å². The molecule has 0 amide bonds. The molecule has 74 heteroatoms. The highest BCUT2D eigenvalue weighted by Crippen LogP contribution is 2.75. The molecule has 0 radical (unpaired) electrons. The summed E-state index contributed by atoms with van der Waals surface area (Å²) in [5.41, 5.74) is -19.4. The lowest BCUT2D eigenvalue weighted by Crippen LogP contribution is -2.80. The smallest absolute Gasteiger partial charge is 0.302 e. The van der Waals surface area contributed by atoms with Gasteiger partial charge in [0, 0.05) is 12.8 Å². The van der Waals surface area contributed by atoms with Gasteiger partial charge in [-0.15, -0.1) is 0 Å². The maximum atomic E-state index is 14.3. The van der Waals surface area contributed by atoms with E-state index in [1.54, 1.807) is 0 Å². The van der Waals surface area contributed by atoms with Crippen LogP contribution in [0.1, 0.15) is 12.8 Å². The van der Waals surface area contributed by atoms with E-state index in [1.165, 1.54) is 0 Å². The lowest BCUT2D eigenvalue weighted by Gasteiger charge is -2.47. The molecule has 0 spiro atoms. The van der Waals surface area contributed by atoms with Gasteiger partial charge < -0.3 is 4.89 Å². The van der Waals surface area contributed by atoms with Gasteiger partial charge in [-0.2, -0.15) is 290 Å². The zero-order valence-electron chi connectivity index (χ0n) is 48.1. The molecule has 112 heavy (non-hydrogen) atoms. The fourth-order valence-corrected chi connectivity index (χ4v) is 7.91. The van der Waals surface area contributed by atoms with Crippen LogP contribution in [0.25, 0.3) is 0 Å². The maximum Gasteiger partial charge on any atom is 0.472 e. The van der Waals surface area contributed by atoms with E-state index in [2.05, 4.69) is 9.05 Å². The molecule has 0 bridgehead atoms. The first-order chi connectivity index (χ1) is 47.1. The summed E-state index contributed by atoms with van der Waals surface area (Å²) in [7, 11) is -7.56. The van der Waals surface area contributed by atoms with Crippen LogP contribution < -0.4 is 0 Å². The molecular formula is C38H10F69O4P. The Bertz CT molecular complexity index is 3320. The number of halogens is 69. The second-order valence-electron chi connectivity index (χ2n) is 21.1. The Balaban J connectivity index is 7.37. The predicted molar refractivity (Wildman–Crippen MR) is 201 cm³/mol. The van der Waals surface area contributed by atoms with Gasteiger partial charge in [-0.25, -0.2) is 17.7 Å². The van der Waals surface area contributed by atoms with Crippen molar-refractivity contribution in [2.45, 2.75) is 215 Å². The van der Waals surface area contributed by atoms with Crippen LogP contribution in [0, 0.1) is 0 Å². The van der Waals surface area contributed by atoms with Crippen LogP contribution in [-0.4, -0.2) is 220 Å². The zero-order chi connectivity index (χ0) is 92.8. The summed E-state index contributed by atoms with van der Waals surface area (Å²) in [5.74, 6) is -277. The third-order valence-electron chi connectivity index (χ3n) is 14.1. The summed E-state index contributed by atoms with van der Waals surface area (Å²) in [6.07, 6.45) is -51.1. The molecule has 0 aliphatic heterocycles. The van der Waals surface area contributed by atoms with Crippen LogP contribution in [0.15, 0.2) is 0 Å². The van der Waals surface area contributed by atoms with Crippen LogP contribution in [-0.2, 0) is 13.6 Å². The van der Waals surface area contributed by atoms with Crippen LogP contribution in [0.3, 0.4) is 0 Å². The first kappa shape index (κ1) is 107. The van der Waals surface area contributed by atoms with Crippen molar-refractivity contribution in [3.8, 4) is 0 Å². The van der Waals surface area contributed by atoms with Crippen LogP contribution in [0.5, 0.6) is 0 Å². The molecule has 0 aliphatic carbocycles. The molecule has 0 aromatic carbocycles. The van der Waals surface area contributed by atoms with Crippen LogP contribution >= 0.6 is 7.82 Å². The summed E-state index contributed by atoms with van der Waals surface area (Å²) < 4.78 is 975. The van der Waals surface area contributed by atoms with Gasteiger partial charge in [0.25, 0.3) is 0 Å². The van der Waals surface area contributed by atoms with Crippen molar-refractivity contribution in [2.24, 2.45) is 0 Å². The quantitative estimate of drug-likeness (QED) is 0.0502. The van der Waals surface area contributed by atoms with Gasteiger partial charge in [0.2, 0.25) is 0 Å². The minimum Gasteiger partial charge on any atom is -0.302 e. The van der Waals surface area contributed by atoms with Gasteiger partial charge in [0.05, 0.1) is 13.2 Å². The Kier molecular flexibility index (Phi) is 26.0. The molecule has 0 saturated carbocycles. The van der Waals surface area contributed by atoms with Crippen molar-refractivity contribution in [1.82, 2.24) is 0 Å². The first-order valence-electron chi connectivity index (χ1n) is 24.2. The summed E-state index contributed by atoms with van der Waals surface area (Å²) in [5, 5.41) is 0. The molecule has 0 fully saturated rings. The normalized spacial score (nSPS) is 18.0. The predicted octanol–water partition coefficient (Wildman–Crippen LogP) is 23.1. The molecule has 674 valence electrons. The second-order valence-corrected chi connectivity index (χ2v) is 22.6. The van der Waals surface area contributed by atoms with E-state index in [-0.39, 0.29) is 0 Å². The number of phosphoric ester groups is 1. The minimum atomic E-state index is -10.8. The van der Waals surface area contributed by atoms with Gasteiger partial charge in [-0.05, 0) is 0 Å². The number of hydrogen-bond donors (Lipinski definition) is 1. The molecule has 0 rings (SSSR count). The van der Waals surface area contributed by atoms with Crippen molar-refractivity contribution in [1.29, 1.82) is 0 Å². The standard InChI is InChI=1S/C38H10F69O4P/c39-5(7(42,43)11(48,49)15(56,57)19(64,65)23(72,73)27(80,81)31(88,89)32(90,91)28(82,83)24(74,75)20(66,67)16(58,59)12(50,51)8(44,35(96,97)98)36(99,100)101)1-3-110-112(108,109)111-4-2-6(40,41)10(46,47)14(54,55)18(62,63)22(70,71)26(78,79)30(86,87)34(94,95)33(92,93)29(84,85)25(76,77)21(68,69)17(60,61)13(52,53)9(45,37(102,103)104)38(105,106)107/h5H,1-4H2,(H,108,109). The van der Waals surface area contributed by atoms with Gasteiger partial charge in [-0.3, -0.25) is 9.05 Å². The summed E-state index contributed by atoms with van der Waals surface area (Å²) in [6, 6.07) is 0. The molecule has 0 aromatic heterocycles. The van der Waals surface area contributed by atoms with Crippen molar-refractivity contribution >= 4 is 7.82 Å². The Morgan fingerprint density at radius 1 is 0.205 bits per heavy atom. The molecule has 0 aliphatic rings. The van der Waals surface area contributed by atoms with Crippen molar-refractivity contribution in [3.63, 3.8) is 0 Å². The van der Waals surface area contributed by atoms with Gasteiger partial charge in [0.1, 0.15) is 0 Å². The van der Waals surface area contributed by atoms with Gasteiger partial charge >= 0.3 is 204 Å². The summed E-state index contributed by atoms with van der Waals surface area (Å²) in [4.78, 5) is 9.11. The van der Waals surface area contributed by atoms with Gasteiger partial charge in [0.15, 0.2) is 6.17 Å². The van der Waals surface area contributed by atoms with E-state index in [9.17, 15) is 308 Å². The lowest BCUT2D eigenvalue weighted by atomic mass is 9.81. The van der Waals surface area contributed by atoms with Crippen LogP contribution in [0.2, 0.25) is 0 Å². The maximum absolute atomic E-state index is 14.3. The molecule has 4 nitrogen and oxygen atoms in total. The largest absolute Gasteiger partial charge is 0.472 e. The Morgan fingerprint density at radius 2 is 0.339 bits per heavy atom. The third kappa shape index (κ3) is 13.1. The number of hydrogen-bond acceptors (Lipinski definition) is 3. The van der Waals surface area contributed by atoms with E-state index in [0.29, 0.717) is 0 Å². The minimum absolute atomic E-state index is 2.77. The summed E-state index contributed by atoms with van der Waals surface area (Å²) in [6.45, 7) is -7.20. The molecule has 1 N–H and O–H groups in total. The first-order valence-corrected chi connectivity index (χ1v) is 25.7. The average molecular weight is 1870 g/mol. The third-order valence-corrected chi connectivity index (χ3v) is 15.1. The zero-order valence-corrected chi connectivity index (χ0v) is 49.0. The lowest BCUT2D eigenvalue weighted by molar-refractivity contribution is -0.493. The van der Waals surface area contributed by atoms with Crippen molar-refractivity contribution in [3.05, 3.63) is 0 Å². The van der Waals surface area contributed by atoms with E-state index in [0.717, 1.165) is 0 Å². The Morgan fingerprint density at radius 3 is 0.500 bits per heavy atom. The average Bonchev–Trinajstić information content (AvgIpc) is 0.679. The molecule has 0 aromatic rings. The van der Waals surface area contributed by atoms with Crippen molar-refractivity contribution in [2.75, 3.05) is 13.2 Å². The fraction of sp³-hybridized carbons (Fsp3) is 1.00. The van der Waals surface area contributed by atoms with E-state index in [1.807, 2.05) is 0 Å². The van der Waals surface area contributed by atoms with Gasteiger partial charge in [-0.1, -0.05) is 0 Å². The molecule has 0 saturated heterocycles. The molecule has 0 heterocycles.